The fourth-order valence-corrected chi connectivity index (χ4v) is 7.48. The molecule has 1 saturated heterocycles. The molecule has 3 aromatic heterocycles. The van der Waals surface area contributed by atoms with Gasteiger partial charge in [-0.2, -0.15) is 0 Å². The number of halogens is 3. The van der Waals surface area contributed by atoms with Crippen molar-refractivity contribution in [2.45, 2.75) is 49.6 Å². The highest BCUT2D eigenvalue weighted by molar-refractivity contribution is 7.89. The Labute approximate surface area is 243 Å². The summed E-state index contributed by atoms with van der Waals surface area (Å²) >= 11 is 0.623. The highest BCUT2D eigenvalue weighted by Gasteiger charge is 2.42. The molecule has 0 spiro atoms. The molecule has 1 N–H and O–H groups in total. The van der Waals surface area contributed by atoms with E-state index >= 15 is 4.39 Å². The van der Waals surface area contributed by atoms with Crippen LogP contribution in [-0.2, 0) is 10.0 Å². The number of nitrogens with one attached hydrogen (secondary N) is 1. The first-order chi connectivity index (χ1) is 19.8. The zero-order valence-electron chi connectivity index (χ0n) is 23.2. The molecule has 17 heteroatoms. The number of nitrogens with zero attached hydrogens (tertiary/aromatic N) is 8. The van der Waals surface area contributed by atoms with Crippen LogP contribution in [0.5, 0.6) is 0 Å². The number of hydrogen-bond acceptors (Lipinski definition) is 9. The zero-order valence-corrected chi connectivity index (χ0v) is 24.8. The zero-order chi connectivity index (χ0) is 30.1. The molecule has 0 radical (unpaired) electrons. The number of piperazine rings is 1. The molecule has 1 aromatic carbocycles. The van der Waals surface area contributed by atoms with Crippen LogP contribution in [0.2, 0.25) is 0 Å². The molecule has 0 bridgehead atoms. The Morgan fingerprint density at radius 3 is 2.55 bits per heavy atom. The van der Waals surface area contributed by atoms with Crippen molar-refractivity contribution in [2.75, 3.05) is 38.6 Å². The molecule has 6 rings (SSSR count). The number of urea groups is 1. The number of alkyl halides is 2. The van der Waals surface area contributed by atoms with Crippen molar-refractivity contribution in [3.63, 3.8) is 0 Å². The van der Waals surface area contributed by atoms with Crippen molar-refractivity contribution in [3.8, 4) is 5.13 Å². The third kappa shape index (κ3) is 4.82. The summed E-state index contributed by atoms with van der Waals surface area (Å²) in [7, 11) is -0.898. The summed E-state index contributed by atoms with van der Waals surface area (Å²) in [4.78, 5) is 26.1. The maximum atomic E-state index is 15.7. The van der Waals surface area contributed by atoms with E-state index in [-0.39, 0.29) is 33.8 Å². The standard InChI is InChI=1S/C25H28F3N9O3S2/c1-13-11-35(7-8-36(13)24(38)34(3)4)20-18-14-9-15(26)17(42(39,40)33-25(2)5-6-25)10-16(14)37(21(18)30-12-29-20)23-32-31-22(41-23)19(27)28/h9-10,12-13,19,33H,5-8,11H2,1-4H3. The number of aromatic nitrogens is 5. The van der Waals surface area contributed by atoms with Crippen LogP contribution >= 0.6 is 11.3 Å². The Morgan fingerprint density at radius 2 is 1.93 bits per heavy atom. The topological polar surface area (TPSA) is 129 Å². The van der Waals surface area contributed by atoms with Crippen LogP contribution in [0.3, 0.4) is 0 Å². The minimum Gasteiger partial charge on any atom is -0.352 e. The summed E-state index contributed by atoms with van der Waals surface area (Å²) in [6, 6.07) is 1.97. The number of amides is 2. The second-order valence-electron chi connectivity index (χ2n) is 11.1. The molecule has 4 heterocycles. The number of carbonyl (C=O) groups is 1. The van der Waals surface area contributed by atoms with Crippen LogP contribution < -0.4 is 9.62 Å². The summed E-state index contributed by atoms with van der Waals surface area (Å²) in [6.45, 7) is 4.86. The van der Waals surface area contributed by atoms with Gasteiger partial charge in [-0.3, -0.25) is 4.57 Å². The molecule has 2 fully saturated rings. The molecule has 1 unspecified atom stereocenters. The minimum absolute atomic E-state index is 0.0155. The monoisotopic (exact) mass is 623 g/mol. The second-order valence-corrected chi connectivity index (χ2v) is 13.7. The van der Waals surface area contributed by atoms with Gasteiger partial charge in [-0.25, -0.2) is 41.1 Å². The summed E-state index contributed by atoms with van der Waals surface area (Å²) in [5.74, 6) is -0.543. The molecule has 2 amide bonds. The number of hydrogen-bond donors (Lipinski definition) is 1. The molecule has 1 aliphatic heterocycles. The maximum Gasteiger partial charge on any atom is 0.319 e. The van der Waals surface area contributed by atoms with Crippen molar-refractivity contribution >= 4 is 55.1 Å². The third-order valence-corrected chi connectivity index (χ3v) is 10.2. The normalized spacial score (nSPS) is 18.8. The van der Waals surface area contributed by atoms with Crippen LogP contribution in [0.4, 0.5) is 23.8 Å². The highest BCUT2D eigenvalue weighted by atomic mass is 32.2. The fraction of sp³-hybridized carbons (Fsp3) is 0.480. The van der Waals surface area contributed by atoms with Crippen LogP contribution in [-0.4, -0.2) is 94.3 Å². The van der Waals surface area contributed by atoms with Crippen molar-refractivity contribution in [1.29, 1.82) is 0 Å². The average molecular weight is 624 g/mol. The summed E-state index contributed by atoms with van der Waals surface area (Å²) in [5.41, 5.74) is -0.229. The van der Waals surface area contributed by atoms with Gasteiger partial charge >= 0.3 is 6.03 Å². The first-order valence-corrected chi connectivity index (χ1v) is 15.5. The van der Waals surface area contributed by atoms with E-state index in [1.54, 1.807) is 25.9 Å². The van der Waals surface area contributed by atoms with E-state index in [0.717, 1.165) is 6.07 Å². The van der Waals surface area contributed by atoms with E-state index in [0.29, 0.717) is 55.0 Å². The second kappa shape index (κ2) is 10.0. The Bertz CT molecular complexity index is 1820. The number of anilines is 1. The molecule has 1 saturated carbocycles. The van der Waals surface area contributed by atoms with Crippen molar-refractivity contribution in [3.05, 3.63) is 29.3 Å². The van der Waals surface area contributed by atoms with Gasteiger partial charge in [-0.15, -0.1) is 10.2 Å². The Hall–Kier alpha value is -3.57. The van der Waals surface area contributed by atoms with E-state index in [9.17, 15) is 22.0 Å². The quantitative estimate of drug-likeness (QED) is 0.346. The first-order valence-electron chi connectivity index (χ1n) is 13.2. The van der Waals surface area contributed by atoms with Gasteiger partial charge in [-0.05, 0) is 38.8 Å². The summed E-state index contributed by atoms with van der Waals surface area (Å²) in [6.07, 6.45) is -0.313. The number of rotatable bonds is 6. The van der Waals surface area contributed by atoms with Gasteiger partial charge in [0, 0.05) is 50.7 Å². The fourth-order valence-electron chi connectivity index (χ4n) is 5.22. The lowest BCUT2D eigenvalue weighted by Gasteiger charge is -2.41. The van der Waals surface area contributed by atoms with Gasteiger partial charge < -0.3 is 14.7 Å². The summed E-state index contributed by atoms with van der Waals surface area (Å²) in [5, 5.41) is 7.69. The van der Waals surface area contributed by atoms with Gasteiger partial charge in [0.05, 0.1) is 10.9 Å². The number of benzene rings is 1. The molecule has 1 aliphatic carbocycles. The SMILES string of the molecule is CC1CN(c2ncnc3c2c2cc(F)c(S(=O)(=O)NC4(C)CC4)cc2n3-c2nnc(C(F)F)s2)CCN1C(=O)N(C)C. The molecule has 2 aliphatic rings. The molecule has 12 nitrogen and oxygen atoms in total. The average Bonchev–Trinajstić information content (AvgIpc) is 3.31. The number of fused-ring (bicyclic) bond motifs is 3. The van der Waals surface area contributed by atoms with E-state index in [2.05, 4.69) is 24.9 Å². The smallest absolute Gasteiger partial charge is 0.319 e. The minimum atomic E-state index is -4.26. The van der Waals surface area contributed by atoms with Crippen molar-refractivity contribution in [2.24, 2.45) is 0 Å². The van der Waals surface area contributed by atoms with Crippen molar-refractivity contribution in [1.82, 2.24) is 39.3 Å². The largest absolute Gasteiger partial charge is 0.352 e. The van der Waals surface area contributed by atoms with Crippen LogP contribution in [0.1, 0.15) is 38.1 Å². The Morgan fingerprint density at radius 1 is 1.19 bits per heavy atom. The van der Waals surface area contributed by atoms with Gasteiger partial charge in [-0.1, -0.05) is 11.3 Å². The number of carbonyl (C=O) groups excluding carboxylic acids is 1. The van der Waals surface area contributed by atoms with Crippen molar-refractivity contribution < 1.29 is 26.4 Å². The lowest BCUT2D eigenvalue weighted by molar-refractivity contribution is 0.146. The predicted octanol–water partition coefficient (Wildman–Crippen LogP) is 3.52. The molecule has 42 heavy (non-hydrogen) atoms. The lowest BCUT2D eigenvalue weighted by Crippen LogP contribution is -2.56. The van der Waals surface area contributed by atoms with Crippen LogP contribution in [0.25, 0.3) is 27.1 Å². The maximum absolute atomic E-state index is 15.7. The summed E-state index contributed by atoms with van der Waals surface area (Å²) < 4.78 is 73.0. The third-order valence-electron chi connectivity index (χ3n) is 7.61. The molecule has 224 valence electrons. The Balaban J connectivity index is 1.54. The molecular weight excluding hydrogens is 595 g/mol. The van der Waals surface area contributed by atoms with E-state index in [4.69, 9.17) is 0 Å². The predicted molar refractivity (Wildman–Crippen MR) is 150 cm³/mol. The van der Waals surface area contributed by atoms with E-state index < -0.39 is 37.7 Å². The van der Waals surface area contributed by atoms with E-state index in [1.165, 1.54) is 21.9 Å². The molecule has 4 aromatic rings. The molecule has 1 atom stereocenters. The van der Waals surface area contributed by atoms with Crippen LogP contribution in [0.15, 0.2) is 23.4 Å². The Kier molecular flexibility index (Phi) is 6.81. The van der Waals surface area contributed by atoms with E-state index in [1.807, 2.05) is 11.8 Å². The van der Waals surface area contributed by atoms with Gasteiger partial charge in [0.2, 0.25) is 15.2 Å². The van der Waals surface area contributed by atoms with Crippen LogP contribution in [0, 0.1) is 5.82 Å². The highest BCUT2D eigenvalue weighted by Crippen LogP contribution is 2.41. The molecular formula is C25H28F3N9O3S2. The first kappa shape index (κ1) is 28.5. The lowest BCUT2D eigenvalue weighted by atomic mass is 10.1. The van der Waals surface area contributed by atoms with Gasteiger partial charge in [0.15, 0.2) is 10.7 Å². The van der Waals surface area contributed by atoms with Gasteiger partial charge in [0.1, 0.15) is 22.9 Å². The van der Waals surface area contributed by atoms with Gasteiger partial charge in [0.25, 0.3) is 6.43 Å². The number of sulfonamides is 1.